The zero-order valence-corrected chi connectivity index (χ0v) is 17.2. The molecule has 5 aromatic rings. The molecule has 0 radical (unpaired) electrons. The molecule has 0 saturated heterocycles. The topological polar surface area (TPSA) is 48.7 Å². The Bertz CT molecular complexity index is 1430. The number of aldehydes is 1. The lowest BCUT2D eigenvalue weighted by molar-refractivity contribution is 0.112. The van der Waals surface area contributed by atoms with Crippen LogP contribution in [0.25, 0.3) is 44.2 Å². The number of hydrogen-bond acceptors (Lipinski definition) is 4. The molecule has 0 aliphatic rings. The van der Waals surface area contributed by atoms with Crippen LogP contribution in [0.15, 0.2) is 83.3 Å². The van der Waals surface area contributed by atoms with E-state index in [0.29, 0.717) is 17.1 Å². The molecule has 0 fully saturated rings. The van der Waals surface area contributed by atoms with Crippen LogP contribution >= 0.6 is 0 Å². The van der Waals surface area contributed by atoms with E-state index in [1.54, 1.807) is 20.3 Å². The van der Waals surface area contributed by atoms with Gasteiger partial charge in [0, 0.05) is 11.1 Å². The van der Waals surface area contributed by atoms with Crippen molar-refractivity contribution in [2.45, 2.75) is 0 Å². The van der Waals surface area contributed by atoms with Gasteiger partial charge in [0.05, 0.1) is 19.8 Å². The fourth-order valence-electron chi connectivity index (χ4n) is 3.86. The van der Waals surface area contributed by atoms with Gasteiger partial charge in [-0.15, -0.1) is 0 Å². The Morgan fingerprint density at radius 3 is 1.74 bits per heavy atom. The number of carbonyl (C=O) groups is 1. The highest BCUT2D eigenvalue weighted by molar-refractivity contribution is 5.93. The number of fused-ring (bicyclic) bond motifs is 2. The fourth-order valence-corrected chi connectivity index (χ4v) is 3.86. The molecule has 0 spiro atoms. The summed E-state index contributed by atoms with van der Waals surface area (Å²) in [7, 11) is 3.31. The van der Waals surface area contributed by atoms with Crippen molar-refractivity contribution in [3.8, 4) is 34.1 Å². The van der Waals surface area contributed by atoms with Crippen LogP contribution in [0.1, 0.15) is 10.4 Å². The van der Waals surface area contributed by atoms with Crippen molar-refractivity contribution in [3.05, 3.63) is 84.4 Å². The molecule has 0 amide bonds. The second kappa shape index (κ2) is 7.65. The molecule has 0 aliphatic carbocycles. The first-order valence-corrected chi connectivity index (χ1v) is 9.94. The van der Waals surface area contributed by atoms with Gasteiger partial charge in [0.15, 0.2) is 6.29 Å². The number of rotatable bonds is 5. The number of benzene rings is 4. The van der Waals surface area contributed by atoms with Gasteiger partial charge >= 0.3 is 0 Å². The molecule has 1 aromatic heterocycles. The Morgan fingerprint density at radius 1 is 0.645 bits per heavy atom. The summed E-state index contributed by atoms with van der Waals surface area (Å²) in [6.07, 6.45) is 0.840. The van der Waals surface area contributed by atoms with Gasteiger partial charge in [-0.25, -0.2) is 0 Å². The van der Waals surface area contributed by atoms with Gasteiger partial charge in [-0.2, -0.15) is 0 Å². The Morgan fingerprint density at radius 2 is 1.16 bits per heavy atom. The lowest BCUT2D eigenvalue weighted by Crippen LogP contribution is -1.84. The van der Waals surface area contributed by atoms with Gasteiger partial charge in [-0.05, 0) is 64.0 Å². The average Bonchev–Trinajstić information content (AvgIpc) is 3.27. The Labute approximate surface area is 179 Å². The maximum absolute atomic E-state index is 11.8. The van der Waals surface area contributed by atoms with Gasteiger partial charge in [0.2, 0.25) is 0 Å². The van der Waals surface area contributed by atoms with Crippen LogP contribution in [0.5, 0.6) is 11.5 Å². The molecular formula is C27H20O4. The minimum Gasteiger partial charge on any atom is -0.497 e. The van der Waals surface area contributed by atoms with Crippen LogP contribution in [0, 0.1) is 0 Å². The molecule has 4 heteroatoms. The Balaban J connectivity index is 1.58. The molecule has 4 aromatic carbocycles. The third-order valence-electron chi connectivity index (χ3n) is 5.53. The molecule has 0 N–H and O–H groups in total. The molecule has 152 valence electrons. The van der Waals surface area contributed by atoms with E-state index in [4.69, 9.17) is 13.9 Å². The van der Waals surface area contributed by atoms with Crippen LogP contribution in [0.2, 0.25) is 0 Å². The summed E-state index contributed by atoms with van der Waals surface area (Å²) in [6, 6.07) is 25.7. The van der Waals surface area contributed by atoms with Crippen molar-refractivity contribution in [3.63, 3.8) is 0 Å². The van der Waals surface area contributed by atoms with Crippen molar-refractivity contribution >= 4 is 27.8 Å². The van der Waals surface area contributed by atoms with Crippen molar-refractivity contribution in [1.29, 1.82) is 0 Å². The predicted molar refractivity (Wildman–Crippen MR) is 123 cm³/mol. The van der Waals surface area contributed by atoms with Gasteiger partial charge in [-0.1, -0.05) is 36.4 Å². The number of hydrogen-bond donors (Lipinski definition) is 0. The zero-order valence-electron chi connectivity index (χ0n) is 17.2. The largest absolute Gasteiger partial charge is 0.497 e. The van der Waals surface area contributed by atoms with E-state index in [0.717, 1.165) is 50.5 Å². The molecular weight excluding hydrogens is 388 g/mol. The first kappa shape index (κ1) is 18.9. The summed E-state index contributed by atoms with van der Waals surface area (Å²) in [5, 5.41) is 4.26. The number of furan rings is 1. The maximum atomic E-state index is 11.8. The summed E-state index contributed by atoms with van der Waals surface area (Å²) >= 11 is 0. The highest BCUT2D eigenvalue weighted by atomic mass is 16.5. The molecule has 4 nitrogen and oxygen atoms in total. The van der Waals surface area contributed by atoms with Crippen LogP contribution in [-0.2, 0) is 0 Å². The second-order valence-electron chi connectivity index (χ2n) is 7.37. The van der Waals surface area contributed by atoms with Crippen LogP contribution < -0.4 is 9.47 Å². The molecule has 31 heavy (non-hydrogen) atoms. The van der Waals surface area contributed by atoms with Crippen LogP contribution in [0.3, 0.4) is 0 Å². The van der Waals surface area contributed by atoms with Crippen LogP contribution in [-0.4, -0.2) is 20.5 Å². The molecule has 0 aliphatic heterocycles. The molecule has 1 heterocycles. The van der Waals surface area contributed by atoms with Crippen molar-refractivity contribution in [2.75, 3.05) is 14.2 Å². The maximum Gasteiger partial charge on any atom is 0.153 e. The Kier molecular flexibility index (Phi) is 4.68. The standard InChI is InChI=1S/C27H20O4/c1-29-24-9-7-17-11-21(5-3-19(17)13-24)26-15-23(16-28)27(31-26)22-6-4-20-14-25(30-2)10-8-18(20)12-22/h3-16H,1-2H3. The van der Waals surface area contributed by atoms with E-state index in [1.165, 1.54) is 0 Å². The molecule has 5 rings (SSSR count). The number of methoxy groups -OCH3 is 2. The number of carbonyl (C=O) groups excluding carboxylic acids is 1. The van der Waals surface area contributed by atoms with E-state index in [-0.39, 0.29) is 0 Å². The SMILES string of the molecule is COc1ccc2cc(-c3cc(C=O)c(-c4ccc5cc(OC)ccc5c4)o3)ccc2c1. The predicted octanol–water partition coefficient (Wildman–Crippen LogP) is 6.75. The lowest BCUT2D eigenvalue weighted by atomic mass is 10.0. The van der Waals surface area contributed by atoms with Crippen molar-refractivity contribution < 1.29 is 18.7 Å². The van der Waals surface area contributed by atoms with Gasteiger partial charge in [0.25, 0.3) is 0 Å². The monoisotopic (exact) mass is 408 g/mol. The quantitative estimate of drug-likeness (QED) is 0.302. The smallest absolute Gasteiger partial charge is 0.153 e. The van der Waals surface area contributed by atoms with Crippen molar-refractivity contribution in [2.24, 2.45) is 0 Å². The third-order valence-corrected chi connectivity index (χ3v) is 5.53. The summed E-state index contributed by atoms with van der Waals surface area (Å²) in [4.78, 5) is 11.8. The minimum atomic E-state index is 0.526. The third kappa shape index (κ3) is 3.42. The van der Waals surface area contributed by atoms with Gasteiger partial charge < -0.3 is 13.9 Å². The summed E-state index contributed by atoms with van der Waals surface area (Å²) < 4.78 is 16.8. The van der Waals surface area contributed by atoms with Crippen molar-refractivity contribution in [1.82, 2.24) is 0 Å². The lowest BCUT2D eigenvalue weighted by Gasteiger charge is -2.06. The zero-order chi connectivity index (χ0) is 21.4. The first-order chi connectivity index (χ1) is 15.2. The summed E-state index contributed by atoms with van der Waals surface area (Å²) in [6.45, 7) is 0. The van der Waals surface area contributed by atoms with Crippen LogP contribution in [0.4, 0.5) is 0 Å². The average molecular weight is 408 g/mol. The fraction of sp³-hybridized carbons (Fsp3) is 0.0741. The van der Waals surface area contributed by atoms with E-state index >= 15 is 0 Å². The molecule has 0 saturated carbocycles. The highest BCUT2D eigenvalue weighted by Gasteiger charge is 2.15. The van der Waals surface area contributed by atoms with Gasteiger partial charge in [0.1, 0.15) is 23.0 Å². The summed E-state index contributed by atoms with van der Waals surface area (Å²) in [5.74, 6) is 2.85. The van der Waals surface area contributed by atoms with E-state index in [1.807, 2.05) is 66.7 Å². The van der Waals surface area contributed by atoms with Gasteiger partial charge in [-0.3, -0.25) is 4.79 Å². The normalized spacial score (nSPS) is 11.0. The van der Waals surface area contributed by atoms with E-state index in [9.17, 15) is 4.79 Å². The molecule has 0 atom stereocenters. The first-order valence-electron chi connectivity index (χ1n) is 9.94. The van der Waals surface area contributed by atoms with E-state index in [2.05, 4.69) is 6.07 Å². The Hall–Kier alpha value is -4.05. The molecule has 0 unspecified atom stereocenters. The van der Waals surface area contributed by atoms with E-state index < -0.39 is 0 Å². The molecule has 0 bridgehead atoms. The second-order valence-corrected chi connectivity index (χ2v) is 7.37. The highest BCUT2D eigenvalue weighted by Crippen LogP contribution is 2.35. The number of ether oxygens (including phenoxy) is 2. The minimum absolute atomic E-state index is 0.526. The summed E-state index contributed by atoms with van der Waals surface area (Å²) in [5.41, 5.74) is 2.30.